The summed E-state index contributed by atoms with van der Waals surface area (Å²) in [5, 5.41) is 4.77. The molecule has 7 heteroatoms. The molecule has 0 radical (unpaired) electrons. The standard InChI is InChI=1S/C27H29N3O4/c1-5-32-21-13-14-23-22(17-21)26(19-10-15-24(33-6-2)25(16-19)34-7-3)29-30-27(28-23)18-8-11-20(31-4)12-9-18/h8-17H,5-7H2,1-4H3,(H,28,30). The molecule has 0 bridgehead atoms. The molecule has 3 aromatic carbocycles. The number of rotatable bonds is 9. The van der Waals surface area contributed by atoms with Crippen LogP contribution in [0.15, 0.2) is 70.8 Å². The molecule has 0 spiro atoms. The molecular weight excluding hydrogens is 430 g/mol. The van der Waals surface area contributed by atoms with Crippen LogP contribution >= 0.6 is 0 Å². The summed E-state index contributed by atoms with van der Waals surface area (Å²) >= 11 is 0. The van der Waals surface area contributed by atoms with E-state index in [1.807, 2.05) is 81.4 Å². The fourth-order valence-electron chi connectivity index (χ4n) is 3.67. The number of amidine groups is 1. The fourth-order valence-corrected chi connectivity index (χ4v) is 3.67. The molecule has 4 rings (SSSR count). The first-order valence-electron chi connectivity index (χ1n) is 11.4. The Labute approximate surface area is 200 Å². The first-order valence-corrected chi connectivity index (χ1v) is 11.4. The fraction of sp³-hybridized carbons (Fsp3) is 0.259. The van der Waals surface area contributed by atoms with Crippen molar-refractivity contribution < 1.29 is 18.9 Å². The Morgan fingerprint density at radius 3 is 2.09 bits per heavy atom. The Morgan fingerprint density at radius 2 is 1.38 bits per heavy atom. The van der Waals surface area contributed by atoms with E-state index in [-0.39, 0.29) is 0 Å². The number of aliphatic imine (C=N–C) groups is 1. The molecule has 0 fully saturated rings. The van der Waals surface area contributed by atoms with Gasteiger partial charge in [-0.3, -0.25) is 5.43 Å². The molecule has 0 unspecified atom stereocenters. The van der Waals surface area contributed by atoms with Gasteiger partial charge in [0.2, 0.25) is 0 Å². The molecule has 1 aliphatic rings. The summed E-state index contributed by atoms with van der Waals surface area (Å²) in [4.78, 5) is 4.89. The molecule has 3 aromatic rings. The highest BCUT2D eigenvalue weighted by molar-refractivity contribution is 6.18. The third-order valence-corrected chi connectivity index (χ3v) is 5.22. The highest BCUT2D eigenvalue weighted by Crippen LogP contribution is 2.33. The second-order valence-corrected chi connectivity index (χ2v) is 7.40. The van der Waals surface area contributed by atoms with Crippen LogP contribution < -0.4 is 24.4 Å². The van der Waals surface area contributed by atoms with E-state index in [0.717, 1.165) is 39.6 Å². The van der Waals surface area contributed by atoms with E-state index in [9.17, 15) is 0 Å². The quantitative estimate of drug-likeness (QED) is 0.469. The van der Waals surface area contributed by atoms with Gasteiger partial charge in [0.1, 0.15) is 17.2 Å². The minimum absolute atomic E-state index is 0.532. The van der Waals surface area contributed by atoms with E-state index in [0.29, 0.717) is 37.2 Å². The zero-order valence-electron chi connectivity index (χ0n) is 19.9. The number of ether oxygens (including phenoxy) is 4. The minimum atomic E-state index is 0.532. The number of nitrogens with one attached hydrogen (secondary N) is 1. The number of nitrogens with zero attached hydrogens (tertiary/aromatic N) is 2. The Hall–Kier alpha value is -4.00. The number of benzene rings is 3. The van der Waals surface area contributed by atoms with E-state index in [1.165, 1.54) is 0 Å². The zero-order chi connectivity index (χ0) is 23.9. The predicted molar refractivity (Wildman–Crippen MR) is 134 cm³/mol. The van der Waals surface area contributed by atoms with Crippen LogP contribution in [-0.2, 0) is 0 Å². The van der Waals surface area contributed by atoms with Gasteiger partial charge < -0.3 is 18.9 Å². The van der Waals surface area contributed by atoms with Gasteiger partial charge >= 0.3 is 0 Å². The van der Waals surface area contributed by atoms with Crippen molar-refractivity contribution in [1.29, 1.82) is 0 Å². The maximum atomic E-state index is 5.85. The van der Waals surface area contributed by atoms with Crippen molar-refractivity contribution in [3.05, 3.63) is 77.4 Å². The maximum absolute atomic E-state index is 5.85. The van der Waals surface area contributed by atoms with E-state index in [4.69, 9.17) is 29.0 Å². The molecule has 1 aliphatic heterocycles. The number of fused-ring (bicyclic) bond motifs is 1. The van der Waals surface area contributed by atoms with E-state index in [2.05, 4.69) is 5.43 Å². The Bertz CT molecular complexity index is 1200. The summed E-state index contributed by atoms with van der Waals surface area (Å²) in [6.45, 7) is 7.52. The number of hydrogen-bond acceptors (Lipinski definition) is 7. The molecule has 0 aromatic heterocycles. The van der Waals surface area contributed by atoms with Crippen molar-refractivity contribution in [3.63, 3.8) is 0 Å². The van der Waals surface area contributed by atoms with Gasteiger partial charge in [0.25, 0.3) is 0 Å². The average Bonchev–Trinajstić information content (AvgIpc) is 3.05. The van der Waals surface area contributed by atoms with Gasteiger partial charge in [-0.1, -0.05) is 0 Å². The van der Waals surface area contributed by atoms with Crippen LogP contribution in [0.3, 0.4) is 0 Å². The van der Waals surface area contributed by atoms with E-state index in [1.54, 1.807) is 7.11 Å². The van der Waals surface area contributed by atoms with Crippen molar-refractivity contribution in [2.75, 3.05) is 26.9 Å². The van der Waals surface area contributed by atoms with Crippen molar-refractivity contribution in [1.82, 2.24) is 5.43 Å². The lowest BCUT2D eigenvalue weighted by atomic mass is 10.00. The second kappa shape index (κ2) is 10.7. The molecule has 7 nitrogen and oxygen atoms in total. The van der Waals surface area contributed by atoms with Crippen LogP contribution in [0.4, 0.5) is 5.69 Å². The van der Waals surface area contributed by atoms with Crippen molar-refractivity contribution in [2.24, 2.45) is 10.1 Å². The summed E-state index contributed by atoms with van der Waals surface area (Å²) in [6, 6.07) is 19.4. The maximum Gasteiger partial charge on any atom is 0.161 e. The molecule has 34 heavy (non-hydrogen) atoms. The number of hydrazone groups is 1. The Balaban J connectivity index is 1.81. The smallest absolute Gasteiger partial charge is 0.161 e. The molecular formula is C27H29N3O4. The van der Waals surface area contributed by atoms with Crippen molar-refractivity contribution >= 4 is 17.2 Å². The van der Waals surface area contributed by atoms with Crippen molar-refractivity contribution in [2.45, 2.75) is 20.8 Å². The lowest BCUT2D eigenvalue weighted by Crippen LogP contribution is -2.19. The third kappa shape index (κ3) is 4.98. The van der Waals surface area contributed by atoms with Crippen LogP contribution in [-0.4, -0.2) is 38.5 Å². The van der Waals surface area contributed by atoms with Gasteiger partial charge in [-0.15, -0.1) is 0 Å². The number of hydrogen-bond donors (Lipinski definition) is 1. The van der Waals surface area contributed by atoms with Crippen LogP contribution in [0.2, 0.25) is 0 Å². The topological polar surface area (TPSA) is 73.7 Å². The molecule has 0 saturated heterocycles. The minimum Gasteiger partial charge on any atom is -0.497 e. The van der Waals surface area contributed by atoms with E-state index < -0.39 is 0 Å². The molecule has 176 valence electrons. The highest BCUT2D eigenvalue weighted by Gasteiger charge is 2.20. The first-order chi connectivity index (χ1) is 16.7. The lowest BCUT2D eigenvalue weighted by Gasteiger charge is -2.14. The van der Waals surface area contributed by atoms with Crippen LogP contribution in [0.25, 0.3) is 0 Å². The van der Waals surface area contributed by atoms with E-state index >= 15 is 0 Å². The molecule has 0 saturated carbocycles. The third-order valence-electron chi connectivity index (χ3n) is 5.22. The largest absolute Gasteiger partial charge is 0.497 e. The van der Waals surface area contributed by atoms with Gasteiger partial charge in [0.15, 0.2) is 17.3 Å². The van der Waals surface area contributed by atoms with Crippen LogP contribution in [0.5, 0.6) is 23.0 Å². The van der Waals surface area contributed by atoms with Gasteiger partial charge in [0, 0.05) is 16.7 Å². The summed E-state index contributed by atoms with van der Waals surface area (Å²) < 4.78 is 22.6. The number of methoxy groups -OCH3 is 1. The highest BCUT2D eigenvalue weighted by atomic mass is 16.5. The summed E-state index contributed by atoms with van der Waals surface area (Å²) in [5.74, 6) is 3.55. The molecule has 0 aliphatic carbocycles. The predicted octanol–water partition coefficient (Wildman–Crippen LogP) is 5.33. The van der Waals surface area contributed by atoms with Crippen LogP contribution in [0.1, 0.15) is 37.5 Å². The summed E-state index contributed by atoms with van der Waals surface area (Å²) in [7, 11) is 1.65. The molecule has 0 atom stereocenters. The van der Waals surface area contributed by atoms with Crippen molar-refractivity contribution in [3.8, 4) is 23.0 Å². The summed E-state index contributed by atoms with van der Waals surface area (Å²) in [5.41, 5.74) is 7.30. The van der Waals surface area contributed by atoms with Gasteiger partial charge in [-0.2, -0.15) is 5.10 Å². The Kier molecular flexibility index (Phi) is 7.32. The van der Waals surface area contributed by atoms with Gasteiger partial charge in [-0.25, -0.2) is 4.99 Å². The van der Waals surface area contributed by atoms with Gasteiger partial charge in [0.05, 0.1) is 32.6 Å². The second-order valence-electron chi connectivity index (χ2n) is 7.40. The average molecular weight is 460 g/mol. The molecule has 1 heterocycles. The first kappa shape index (κ1) is 23.2. The molecule has 0 amide bonds. The summed E-state index contributed by atoms with van der Waals surface area (Å²) in [6.07, 6.45) is 0. The monoisotopic (exact) mass is 459 g/mol. The lowest BCUT2D eigenvalue weighted by molar-refractivity contribution is 0.287. The van der Waals surface area contributed by atoms with Crippen LogP contribution in [0, 0.1) is 0 Å². The normalized spacial score (nSPS) is 12.5. The molecule has 1 N–H and O–H groups in total. The van der Waals surface area contributed by atoms with Gasteiger partial charge in [-0.05, 0) is 81.4 Å². The SMILES string of the molecule is CCOc1ccc2c(c1)C(c1ccc(OCC)c(OCC)c1)=NNC(c1ccc(OC)cc1)=N2. The zero-order valence-corrected chi connectivity index (χ0v) is 19.9. The Morgan fingerprint density at radius 1 is 0.706 bits per heavy atom.